The molecule has 2 aromatic carbocycles. The molecule has 0 aliphatic carbocycles. The number of H-pyrrole nitrogens is 1. The number of aliphatic hydroxyl groups is 1. The molecule has 0 aliphatic rings. The first-order chi connectivity index (χ1) is 10.4. The summed E-state index contributed by atoms with van der Waals surface area (Å²) in [5, 5.41) is 9.77. The number of benzene rings is 2. The fourth-order valence-electron chi connectivity index (χ4n) is 2.11. The van der Waals surface area contributed by atoms with Crippen molar-refractivity contribution in [2.45, 2.75) is 6.42 Å². The maximum Gasteiger partial charge on any atom is 0.152 e. The van der Waals surface area contributed by atoms with Crippen LogP contribution in [0.25, 0.3) is 10.9 Å². The van der Waals surface area contributed by atoms with Crippen molar-refractivity contribution in [3.05, 3.63) is 54.7 Å². The van der Waals surface area contributed by atoms with Crippen LogP contribution >= 0.6 is 0 Å². The predicted molar refractivity (Wildman–Crippen MR) is 82.0 cm³/mol. The highest BCUT2D eigenvalue weighted by Gasteiger charge is 2.05. The van der Waals surface area contributed by atoms with Crippen LogP contribution in [0.15, 0.2) is 54.7 Å². The van der Waals surface area contributed by atoms with Gasteiger partial charge in [0.1, 0.15) is 11.5 Å². The predicted octanol–water partition coefficient (Wildman–Crippen LogP) is 3.72. The summed E-state index contributed by atoms with van der Waals surface area (Å²) in [5.74, 6) is 2.34. The Hall–Kier alpha value is -2.46. The van der Waals surface area contributed by atoms with E-state index in [0.29, 0.717) is 13.0 Å². The quantitative estimate of drug-likeness (QED) is 0.678. The van der Waals surface area contributed by atoms with Crippen molar-refractivity contribution in [2.75, 3.05) is 13.2 Å². The number of ether oxygens (including phenoxy) is 2. The Morgan fingerprint density at radius 2 is 1.71 bits per heavy atom. The second-order valence-corrected chi connectivity index (χ2v) is 4.70. The zero-order valence-electron chi connectivity index (χ0n) is 11.6. The third kappa shape index (κ3) is 3.17. The molecule has 108 valence electrons. The molecule has 0 aliphatic heterocycles. The molecule has 21 heavy (non-hydrogen) atoms. The van der Waals surface area contributed by atoms with E-state index in [1.165, 1.54) is 0 Å². The minimum absolute atomic E-state index is 0.141. The van der Waals surface area contributed by atoms with Gasteiger partial charge in [-0.25, -0.2) is 0 Å². The highest BCUT2D eigenvalue weighted by atomic mass is 16.5. The smallest absolute Gasteiger partial charge is 0.152 e. The molecule has 2 N–H and O–H groups in total. The summed E-state index contributed by atoms with van der Waals surface area (Å²) in [6.45, 7) is 0.654. The highest BCUT2D eigenvalue weighted by Crippen LogP contribution is 2.30. The van der Waals surface area contributed by atoms with Gasteiger partial charge >= 0.3 is 0 Å². The minimum atomic E-state index is 0.141. The van der Waals surface area contributed by atoms with E-state index < -0.39 is 0 Å². The van der Waals surface area contributed by atoms with Crippen molar-refractivity contribution in [1.82, 2.24) is 4.98 Å². The molecular formula is C17H17NO3. The van der Waals surface area contributed by atoms with Gasteiger partial charge in [0.25, 0.3) is 0 Å². The van der Waals surface area contributed by atoms with Gasteiger partial charge in [-0.05, 0) is 36.4 Å². The maximum atomic E-state index is 8.72. The van der Waals surface area contributed by atoms with Gasteiger partial charge in [0.15, 0.2) is 5.75 Å². The number of para-hydroxylation sites is 1. The lowest BCUT2D eigenvalue weighted by Gasteiger charge is -2.07. The van der Waals surface area contributed by atoms with Gasteiger partial charge in [-0.15, -0.1) is 0 Å². The standard InChI is InChI=1S/C17H17NO3/c19-10-3-11-20-13-6-8-14(9-7-13)21-17-12-18-16-5-2-1-4-15(16)17/h1-2,4-9,12,18-19H,3,10-11H2. The van der Waals surface area contributed by atoms with Crippen LogP contribution < -0.4 is 9.47 Å². The van der Waals surface area contributed by atoms with Gasteiger partial charge in [-0.3, -0.25) is 0 Å². The van der Waals surface area contributed by atoms with Gasteiger partial charge in [0.05, 0.1) is 6.61 Å². The fourth-order valence-corrected chi connectivity index (χ4v) is 2.11. The van der Waals surface area contributed by atoms with Crippen molar-refractivity contribution >= 4 is 10.9 Å². The lowest BCUT2D eigenvalue weighted by molar-refractivity contribution is 0.233. The van der Waals surface area contributed by atoms with Gasteiger partial charge in [-0.2, -0.15) is 0 Å². The molecular weight excluding hydrogens is 266 g/mol. The Morgan fingerprint density at radius 1 is 0.952 bits per heavy atom. The monoisotopic (exact) mass is 283 g/mol. The molecule has 0 amide bonds. The van der Waals surface area contributed by atoms with Crippen LogP contribution in [0.1, 0.15) is 6.42 Å². The zero-order valence-corrected chi connectivity index (χ0v) is 11.6. The average Bonchev–Trinajstić information content (AvgIpc) is 2.93. The van der Waals surface area contributed by atoms with Crippen LogP contribution in [0.5, 0.6) is 17.2 Å². The van der Waals surface area contributed by atoms with Crippen molar-refractivity contribution in [3.8, 4) is 17.2 Å². The molecule has 4 nitrogen and oxygen atoms in total. The van der Waals surface area contributed by atoms with Crippen molar-refractivity contribution in [1.29, 1.82) is 0 Å². The molecule has 3 rings (SSSR count). The zero-order chi connectivity index (χ0) is 14.5. The molecule has 0 atom stereocenters. The molecule has 0 unspecified atom stereocenters. The topological polar surface area (TPSA) is 54.5 Å². The van der Waals surface area contributed by atoms with Crippen molar-refractivity contribution in [3.63, 3.8) is 0 Å². The second-order valence-electron chi connectivity index (χ2n) is 4.70. The Kier molecular flexibility index (Phi) is 4.07. The van der Waals surface area contributed by atoms with E-state index in [0.717, 1.165) is 28.2 Å². The van der Waals surface area contributed by atoms with Gasteiger partial charge in [0.2, 0.25) is 0 Å². The summed E-state index contributed by atoms with van der Waals surface area (Å²) < 4.78 is 11.4. The van der Waals surface area contributed by atoms with E-state index in [1.807, 2.05) is 54.7 Å². The lowest BCUT2D eigenvalue weighted by atomic mass is 10.2. The van der Waals surface area contributed by atoms with Crippen LogP contribution in [0, 0.1) is 0 Å². The molecule has 0 fully saturated rings. The molecule has 3 aromatic rings. The normalized spacial score (nSPS) is 10.7. The van der Waals surface area contributed by atoms with Crippen LogP contribution in [0.2, 0.25) is 0 Å². The summed E-state index contributed by atoms with van der Waals surface area (Å²) in [4.78, 5) is 3.18. The largest absolute Gasteiger partial charge is 0.494 e. The summed E-state index contributed by atoms with van der Waals surface area (Å²) in [6, 6.07) is 15.5. The summed E-state index contributed by atoms with van der Waals surface area (Å²) in [5.41, 5.74) is 1.05. The summed E-state index contributed by atoms with van der Waals surface area (Å²) in [7, 11) is 0. The molecule has 4 heteroatoms. The maximum absolute atomic E-state index is 8.72. The number of fused-ring (bicyclic) bond motifs is 1. The molecule has 0 spiro atoms. The molecule has 0 radical (unpaired) electrons. The van der Waals surface area contributed by atoms with E-state index in [9.17, 15) is 0 Å². The number of aromatic nitrogens is 1. The summed E-state index contributed by atoms with van der Waals surface area (Å²) in [6.07, 6.45) is 2.49. The third-order valence-corrected chi connectivity index (χ3v) is 3.17. The van der Waals surface area contributed by atoms with Gasteiger partial charge in [0, 0.05) is 30.1 Å². The Bertz CT molecular complexity index is 703. The Balaban J connectivity index is 1.70. The molecule has 0 saturated carbocycles. The van der Waals surface area contributed by atoms with E-state index in [4.69, 9.17) is 14.6 Å². The first-order valence-electron chi connectivity index (χ1n) is 6.94. The highest BCUT2D eigenvalue weighted by molar-refractivity contribution is 5.86. The van der Waals surface area contributed by atoms with E-state index in [2.05, 4.69) is 4.98 Å². The molecule has 0 saturated heterocycles. The molecule has 1 heterocycles. The Morgan fingerprint density at radius 3 is 2.52 bits per heavy atom. The number of rotatable bonds is 6. The van der Waals surface area contributed by atoms with Crippen molar-refractivity contribution < 1.29 is 14.6 Å². The molecule has 1 aromatic heterocycles. The van der Waals surface area contributed by atoms with E-state index in [1.54, 1.807) is 0 Å². The first kappa shape index (κ1) is 13.5. The lowest BCUT2D eigenvalue weighted by Crippen LogP contribution is -1.99. The Labute approximate surface area is 122 Å². The number of hydrogen-bond donors (Lipinski definition) is 2. The van der Waals surface area contributed by atoms with Crippen LogP contribution in [0.3, 0.4) is 0 Å². The first-order valence-corrected chi connectivity index (χ1v) is 6.94. The number of aromatic amines is 1. The number of hydrogen-bond acceptors (Lipinski definition) is 3. The van der Waals surface area contributed by atoms with E-state index >= 15 is 0 Å². The van der Waals surface area contributed by atoms with Crippen LogP contribution in [0.4, 0.5) is 0 Å². The van der Waals surface area contributed by atoms with Gasteiger partial charge in [-0.1, -0.05) is 12.1 Å². The van der Waals surface area contributed by atoms with Crippen LogP contribution in [-0.2, 0) is 0 Å². The van der Waals surface area contributed by atoms with E-state index in [-0.39, 0.29) is 6.61 Å². The number of nitrogens with one attached hydrogen (secondary N) is 1. The SMILES string of the molecule is OCCCOc1ccc(Oc2c[nH]c3ccccc23)cc1. The average molecular weight is 283 g/mol. The fraction of sp³-hybridized carbons (Fsp3) is 0.176. The van der Waals surface area contributed by atoms with Crippen LogP contribution in [-0.4, -0.2) is 23.3 Å². The summed E-state index contributed by atoms with van der Waals surface area (Å²) >= 11 is 0. The minimum Gasteiger partial charge on any atom is -0.494 e. The third-order valence-electron chi connectivity index (χ3n) is 3.17. The number of aliphatic hydroxyl groups excluding tert-OH is 1. The molecule has 0 bridgehead atoms. The van der Waals surface area contributed by atoms with Gasteiger partial charge < -0.3 is 19.6 Å². The second kappa shape index (κ2) is 6.33. The van der Waals surface area contributed by atoms with Crippen molar-refractivity contribution in [2.24, 2.45) is 0 Å².